The Bertz CT molecular complexity index is 613. The van der Waals surface area contributed by atoms with Gasteiger partial charge in [-0.1, -0.05) is 23.1 Å². The maximum atomic E-state index is 5.51. The highest BCUT2D eigenvalue weighted by atomic mass is 32.2. The average molecular weight is 264 g/mol. The van der Waals surface area contributed by atoms with E-state index >= 15 is 0 Å². The van der Waals surface area contributed by atoms with Crippen LogP contribution >= 0.6 is 23.1 Å². The lowest BCUT2D eigenvalue weighted by atomic mass is 10.6. The summed E-state index contributed by atoms with van der Waals surface area (Å²) in [6.45, 7) is 0. The van der Waals surface area contributed by atoms with Gasteiger partial charge < -0.3 is 5.73 Å². The molecule has 0 unspecified atom stereocenters. The first-order valence-corrected chi connectivity index (χ1v) is 6.62. The number of anilines is 1. The average Bonchev–Trinajstić information content (AvgIpc) is 2.91. The van der Waals surface area contributed by atoms with Crippen LogP contribution in [0.1, 0.15) is 5.69 Å². The predicted octanol–water partition coefficient (Wildman–Crippen LogP) is 1.46. The second kappa shape index (κ2) is 4.30. The third kappa shape index (κ3) is 2.22. The zero-order valence-electron chi connectivity index (χ0n) is 8.65. The minimum Gasteiger partial charge on any atom is -0.374 e. The molecule has 86 valence electrons. The van der Waals surface area contributed by atoms with Crippen molar-refractivity contribution in [3.05, 3.63) is 30.4 Å². The van der Waals surface area contributed by atoms with Gasteiger partial charge in [0.15, 0.2) is 4.34 Å². The normalized spacial score (nSPS) is 11.1. The van der Waals surface area contributed by atoms with Gasteiger partial charge in [-0.2, -0.15) is 0 Å². The van der Waals surface area contributed by atoms with Crippen LogP contribution in [-0.2, 0) is 5.75 Å². The van der Waals surface area contributed by atoms with E-state index in [0.29, 0.717) is 10.9 Å². The Hall–Kier alpha value is -1.67. The Morgan fingerprint density at radius 3 is 3.12 bits per heavy atom. The van der Waals surface area contributed by atoms with E-state index in [1.165, 1.54) is 11.3 Å². The van der Waals surface area contributed by atoms with Gasteiger partial charge in [-0.3, -0.25) is 4.40 Å². The molecule has 0 fully saturated rings. The van der Waals surface area contributed by atoms with E-state index in [-0.39, 0.29) is 0 Å². The summed E-state index contributed by atoms with van der Waals surface area (Å²) in [5.41, 5.74) is 6.47. The van der Waals surface area contributed by atoms with E-state index in [0.717, 1.165) is 15.8 Å². The van der Waals surface area contributed by atoms with E-state index in [9.17, 15) is 0 Å². The maximum absolute atomic E-state index is 5.51. The van der Waals surface area contributed by atoms with E-state index < -0.39 is 0 Å². The smallest absolute Gasteiger partial charge is 0.233 e. The van der Waals surface area contributed by atoms with Crippen molar-refractivity contribution >= 4 is 34.0 Å². The molecule has 8 heteroatoms. The van der Waals surface area contributed by atoms with E-state index in [2.05, 4.69) is 20.2 Å². The maximum Gasteiger partial charge on any atom is 0.233 e. The van der Waals surface area contributed by atoms with Crippen molar-refractivity contribution in [2.24, 2.45) is 0 Å². The molecule has 0 atom stereocenters. The fraction of sp³-hybridized carbons (Fsp3) is 0.111. The summed E-state index contributed by atoms with van der Waals surface area (Å²) >= 11 is 2.95. The van der Waals surface area contributed by atoms with Crippen LogP contribution in [0, 0.1) is 0 Å². The molecule has 0 aromatic carbocycles. The highest BCUT2D eigenvalue weighted by Crippen LogP contribution is 2.26. The summed E-state index contributed by atoms with van der Waals surface area (Å²) in [5.74, 6) is 1.44. The van der Waals surface area contributed by atoms with E-state index in [1.54, 1.807) is 18.0 Å². The third-order valence-corrected chi connectivity index (χ3v) is 3.97. The van der Waals surface area contributed by atoms with Gasteiger partial charge in [0, 0.05) is 24.3 Å². The second-order valence-corrected chi connectivity index (χ2v) is 5.49. The van der Waals surface area contributed by atoms with Gasteiger partial charge >= 0.3 is 0 Å². The fourth-order valence-corrected chi connectivity index (χ4v) is 2.88. The van der Waals surface area contributed by atoms with Crippen LogP contribution in [0.3, 0.4) is 0 Å². The molecule has 3 aromatic rings. The minimum absolute atomic E-state index is 0.490. The Kier molecular flexibility index (Phi) is 2.65. The van der Waals surface area contributed by atoms with Crippen molar-refractivity contribution in [1.82, 2.24) is 24.6 Å². The molecule has 0 amide bonds. The molecule has 0 aliphatic heterocycles. The van der Waals surface area contributed by atoms with Crippen LogP contribution in [0.15, 0.2) is 29.0 Å². The topological polar surface area (TPSA) is 82.0 Å². The van der Waals surface area contributed by atoms with Crippen LogP contribution in [0.25, 0.3) is 5.78 Å². The monoisotopic (exact) mass is 264 g/mol. The number of hydrogen-bond donors (Lipinski definition) is 1. The molecule has 6 nitrogen and oxygen atoms in total. The van der Waals surface area contributed by atoms with Crippen LogP contribution in [0.5, 0.6) is 0 Å². The van der Waals surface area contributed by atoms with Crippen LogP contribution in [-0.4, -0.2) is 24.6 Å². The van der Waals surface area contributed by atoms with Crippen molar-refractivity contribution in [3.63, 3.8) is 0 Å². The first-order valence-electron chi connectivity index (χ1n) is 4.81. The number of imidazole rings is 1. The Balaban J connectivity index is 1.76. The van der Waals surface area contributed by atoms with Gasteiger partial charge in [-0.25, -0.2) is 9.97 Å². The number of rotatable bonds is 3. The molecule has 3 heterocycles. The first-order chi connectivity index (χ1) is 8.31. The molecule has 0 spiro atoms. The van der Waals surface area contributed by atoms with Gasteiger partial charge in [-0.05, 0) is 6.07 Å². The lowest BCUT2D eigenvalue weighted by Gasteiger charge is -1.90. The lowest BCUT2D eigenvalue weighted by Crippen LogP contribution is -1.83. The molecule has 0 radical (unpaired) electrons. The van der Waals surface area contributed by atoms with Gasteiger partial charge in [-0.15, -0.1) is 10.2 Å². The summed E-state index contributed by atoms with van der Waals surface area (Å²) in [5, 5.41) is 8.19. The molecular weight excluding hydrogens is 256 g/mol. The summed E-state index contributed by atoms with van der Waals surface area (Å²) in [7, 11) is 0. The number of fused-ring (bicyclic) bond motifs is 1. The Morgan fingerprint density at radius 2 is 2.35 bits per heavy atom. The van der Waals surface area contributed by atoms with Crippen molar-refractivity contribution in [3.8, 4) is 0 Å². The predicted molar refractivity (Wildman–Crippen MR) is 66.9 cm³/mol. The molecular formula is C9H8N6S2. The molecule has 0 saturated carbocycles. The number of thioether (sulfide) groups is 1. The zero-order valence-corrected chi connectivity index (χ0v) is 10.3. The molecule has 0 aliphatic rings. The van der Waals surface area contributed by atoms with Gasteiger partial charge in [0.25, 0.3) is 0 Å². The fourth-order valence-electron chi connectivity index (χ4n) is 1.36. The van der Waals surface area contributed by atoms with E-state index in [1.807, 2.05) is 22.9 Å². The van der Waals surface area contributed by atoms with Crippen molar-refractivity contribution < 1.29 is 0 Å². The standard InChI is InChI=1S/C9H8N6S2/c10-7-13-14-9(17-7)16-5-6-4-15-3-1-2-11-8(15)12-6/h1-4H,5H2,(H2,10,13). The van der Waals surface area contributed by atoms with Gasteiger partial charge in [0.05, 0.1) is 5.69 Å². The Morgan fingerprint density at radius 1 is 1.41 bits per heavy atom. The molecule has 3 aromatic heterocycles. The number of hydrogen-bond acceptors (Lipinski definition) is 7. The molecule has 0 aliphatic carbocycles. The molecule has 0 saturated heterocycles. The molecule has 2 N–H and O–H groups in total. The Labute approximate surface area is 105 Å². The summed E-state index contributed by atoms with van der Waals surface area (Å²) in [6.07, 6.45) is 5.61. The molecule has 3 rings (SSSR count). The van der Waals surface area contributed by atoms with Gasteiger partial charge in [0.2, 0.25) is 10.9 Å². The molecule has 0 bridgehead atoms. The highest BCUT2D eigenvalue weighted by molar-refractivity contribution is 8.00. The first kappa shape index (κ1) is 10.5. The van der Waals surface area contributed by atoms with E-state index in [4.69, 9.17) is 5.73 Å². The SMILES string of the molecule is Nc1nnc(SCc2cn3cccnc3n2)s1. The largest absolute Gasteiger partial charge is 0.374 e. The summed E-state index contributed by atoms with van der Waals surface area (Å²) in [6, 6.07) is 1.87. The lowest BCUT2D eigenvalue weighted by molar-refractivity contribution is 1.02. The quantitative estimate of drug-likeness (QED) is 0.721. The van der Waals surface area contributed by atoms with Crippen LogP contribution in [0.2, 0.25) is 0 Å². The zero-order chi connectivity index (χ0) is 11.7. The number of nitrogens with zero attached hydrogens (tertiary/aromatic N) is 5. The molecule has 17 heavy (non-hydrogen) atoms. The number of nitrogens with two attached hydrogens (primary N) is 1. The van der Waals surface area contributed by atoms with Crippen LogP contribution < -0.4 is 5.73 Å². The number of aromatic nitrogens is 5. The third-order valence-electron chi connectivity index (χ3n) is 2.05. The second-order valence-electron chi connectivity index (χ2n) is 3.25. The highest BCUT2D eigenvalue weighted by Gasteiger charge is 2.05. The van der Waals surface area contributed by atoms with Gasteiger partial charge in [0.1, 0.15) is 0 Å². The minimum atomic E-state index is 0.490. The summed E-state index contributed by atoms with van der Waals surface area (Å²) < 4.78 is 2.75. The van der Waals surface area contributed by atoms with Crippen molar-refractivity contribution in [2.45, 2.75) is 10.1 Å². The van der Waals surface area contributed by atoms with Crippen molar-refractivity contribution in [1.29, 1.82) is 0 Å². The van der Waals surface area contributed by atoms with Crippen LogP contribution in [0.4, 0.5) is 5.13 Å². The summed E-state index contributed by atoms with van der Waals surface area (Å²) in [4.78, 5) is 8.55. The number of nitrogen functional groups attached to an aromatic ring is 1. The van der Waals surface area contributed by atoms with Crippen molar-refractivity contribution in [2.75, 3.05) is 5.73 Å².